The fourth-order valence-corrected chi connectivity index (χ4v) is 2.39. The Hall–Kier alpha value is -0.650. The van der Waals surface area contributed by atoms with Crippen molar-refractivity contribution < 1.29 is 14.3 Å². The van der Waals surface area contributed by atoms with E-state index >= 15 is 0 Å². The molecular formula is C12H24N2O3. The standard InChI is InChI=1S/C12H24N2O3/c1-7-8(2)17-9(3)11(7)12(15)14-10(5-13)6-16-4/h7-11H,5-6,13H2,1-4H3,(H,14,15). The van der Waals surface area contributed by atoms with Gasteiger partial charge in [0.1, 0.15) is 0 Å². The number of rotatable bonds is 5. The molecular weight excluding hydrogens is 220 g/mol. The van der Waals surface area contributed by atoms with E-state index in [9.17, 15) is 4.79 Å². The summed E-state index contributed by atoms with van der Waals surface area (Å²) in [6.07, 6.45) is 0.0838. The van der Waals surface area contributed by atoms with Crippen molar-refractivity contribution in [3.63, 3.8) is 0 Å². The molecule has 0 aromatic rings. The average molecular weight is 244 g/mol. The maximum atomic E-state index is 12.2. The van der Waals surface area contributed by atoms with E-state index in [1.165, 1.54) is 0 Å². The lowest BCUT2D eigenvalue weighted by molar-refractivity contribution is -0.128. The van der Waals surface area contributed by atoms with Gasteiger partial charge in [0.05, 0.1) is 30.8 Å². The van der Waals surface area contributed by atoms with E-state index in [2.05, 4.69) is 5.32 Å². The van der Waals surface area contributed by atoms with Crippen LogP contribution in [0.2, 0.25) is 0 Å². The Morgan fingerprint density at radius 1 is 1.41 bits per heavy atom. The first kappa shape index (κ1) is 14.4. The maximum Gasteiger partial charge on any atom is 0.226 e. The minimum absolute atomic E-state index is 0.0156. The first-order valence-corrected chi connectivity index (χ1v) is 6.16. The molecule has 1 rings (SSSR count). The van der Waals surface area contributed by atoms with Gasteiger partial charge in [-0.1, -0.05) is 6.92 Å². The van der Waals surface area contributed by atoms with Gasteiger partial charge < -0.3 is 20.5 Å². The van der Waals surface area contributed by atoms with E-state index in [1.54, 1.807) is 7.11 Å². The summed E-state index contributed by atoms with van der Waals surface area (Å²) in [7, 11) is 1.60. The highest BCUT2D eigenvalue weighted by Crippen LogP contribution is 2.32. The second-order valence-electron chi connectivity index (χ2n) is 4.83. The summed E-state index contributed by atoms with van der Waals surface area (Å²) < 4.78 is 10.7. The molecule has 0 aromatic heterocycles. The third kappa shape index (κ3) is 3.40. The summed E-state index contributed by atoms with van der Waals surface area (Å²) in [4.78, 5) is 12.2. The molecule has 1 fully saturated rings. The van der Waals surface area contributed by atoms with Gasteiger partial charge >= 0.3 is 0 Å². The molecule has 5 atom stereocenters. The van der Waals surface area contributed by atoms with Gasteiger partial charge in [0.25, 0.3) is 0 Å². The van der Waals surface area contributed by atoms with Gasteiger partial charge in [-0.2, -0.15) is 0 Å². The van der Waals surface area contributed by atoms with Crippen LogP contribution >= 0.6 is 0 Å². The zero-order chi connectivity index (χ0) is 13.0. The second kappa shape index (κ2) is 6.33. The molecule has 1 saturated heterocycles. The fourth-order valence-electron chi connectivity index (χ4n) is 2.39. The number of carbonyl (C=O) groups is 1. The lowest BCUT2D eigenvalue weighted by atomic mass is 9.88. The predicted molar refractivity (Wildman–Crippen MR) is 65.5 cm³/mol. The Balaban J connectivity index is 2.57. The van der Waals surface area contributed by atoms with Gasteiger partial charge in [0.15, 0.2) is 0 Å². The quantitative estimate of drug-likeness (QED) is 0.721. The molecule has 0 spiro atoms. The third-order valence-electron chi connectivity index (χ3n) is 3.54. The topological polar surface area (TPSA) is 73.6 Å². The van der Waals surface area contributed by atoms with Crippen molar-refractivity contribution in [1.82, 2.24) is 5.32 Å². The van der Waals surface area contributed by atoms with Crippen molar-refractivity contribution in [1.29, 1.82) is 0 Å². The van der Waals surface area contributed by atoms with Crippen LogP contribution < -0.4 is 11.1 Å². The van der Waals surface area contributed by atoms with Crippen LogP contribution in [0.15, 0.2) is 0 Å². The van der Waals surface area contributed by atoms with Crippen LogP contribution in [0.1, 0.15) is 20.8 Å². The summed E-state index contributed by atoms with van der Waals surface area (Å²) in [6.45, 7) is 6.81. The van der Waals surface area contributed by atoms with E-state index in [0.29, 0.717) is 13.2 Å². The molecule has 0 radical (unpaired) electrons. The monoisotopic (exact) mass is 244 g/mol. The summed E-state index contributed by atoms with van der Waals surface area (Å²) in [6, 6.07) is -0.122. The third-order valence-corrected chi connectivity index (χ3v) is 3.54. The minimum atomic E-state index is -0.122. The Labute approximate surface area is 103 Å². The Bertz CT molecular complexity index is 260. The van der Waals surface area contributed by atoms with Crippen molar-refractivity contribution in [2.24, 2.45) is 17.6 Å². The van der Waals surface area contributed by atoms with Crippen LogP contribution in [-0.2, 0) is 14.3 Å². The molecule has 100 valence electrons. The molecule has 5 unspecified atom stereocenters. The van der Waals surface area contributed by atoms with Crippen LogP contribution in [0.4, 0.5) is 0 Å². The first-order valence-electron chi connectivity index (χ1n) is 6.16. The summed E-state index contributed by atoms with van der Waals surface area (Å²) in [5.74, 6) is 0.142. The maximum absolute atomic E-state index is 12.2. The highest BCUT2D eigenvalue weighted by atomic mass is 16.5. The number of nitrogens with one attached hydrogen (secondary N) is 1. The Morgan fingerprint density at radius 3 is 2.47 bits per heavy atom. The Kier molecular flexibility index (Phi) is 5.36. The number of ether oxygens (including phenoxy) is 2. The molecule has 0 aliphatic carbocycles. The van der Waals surface area contributed by atoms with Gasteiger partial charge in [-0.05, 0) is 19.8 Å². The molecule has 17 heavy (non-hydrogen) atoms. The SMILES string of the molecule is COCC(CN)NC(=O)C1C(C)OC(C)C1C. The molecule has 1 amide bonds. The summed E-state index contributed by atoms with van der Waals surface area (Å²) in [5.41, 5.74) is 5.58. The number of hydrogen-bond donors (Lipinski definition) is 2. The van der Waals surface area contributed by atoms with Crippen molar-refractivity contribution >= 4 is 5.91 Å². The molecule has 0 aromatic carbocycles. The predicted octanol–water partition coefficient (Wildman–Crippen LogP) is 0.136. The number of amides is 1. The fraction of sp³-hybridized carbons (Fsp3) is 0.917. The van der Waals surface area contributed by atoms with Crippen molar-refractivity contribution in [3.05, 3.63) is 0 Å². The molecule has 0 saturated carbocycles. The highest BCUT2D eigenvalue weighted by molar-refractivity contribution is 5.80. The zero-order valence-corrected chi connectivity index (χ0v) is 11.1. The minimum Gasteiger partial charge on any atom is -0.383 e. The van der Waals surface area contributed by atoms with Gasteiger partial charge in [-0.15, -0.1) is 0 Å². The highest BCUT2D eigenvalue weighted by Gasteiger charge is 2.41. The van der Waals surface area contributed by atoms with Gasteiger partial charge in [0, 0.05) is 13.7 Å². The van der Waals surface area contributed by atoms with Gasteiger partial charge in [0.2, 0.25) is 5.91 Å². The number of methoxy groups -OCH3 is 1. The zero-order valence-electron chi connectivity index (χ0n) is 11.1. The number of carbonyl (C=O) groups excluding carboxylic acids is 1. The van der Waals surface area contributed by atoms with E-state index < -0.39 is 0 Å². The molecule has 0 bridgehead atoms. The second-order valence-corrected chi connectivity index (χ2v) is 4.83. The summed E-state index contributed by atoms with van der Waals surface area (Å²) >= 11 is 0. The van der Waals surface area contributed by atoms with Crippen LogP contribution in [0, 0.1) is 11.8 Å². The molecule has 5 nitrogen and oxygen atoms in total. The lowest BCUT2D eigenvalue weighted by Crippen LogP contribution is -2.47. The van der Waals surface area contributed by atoms with E-state index in [0.717, 1.165) is 0 Å². The first-order chi connectivity index (χ1) is 8.01. The number of nitrogens with two attached hydrogens (primary N) is 1. The van der Waals surface area contributed by atoms with Crippen LogP contribution in [0.3, 0.4) is 0 Å². The van der Waals surface area contributed by atoms with Gasteiger partial charge in [-0.3, -0.25) is 4.79 Å². The van der Waals surface area contributed by atoms with E-state index in [1.807, 2.05) is 20.8 Å². The van der Waals surface area contributed by atoms with E-state index in [4.69, 9.17) is 15.2 Å². The van der Waals surface area contributed by atoms with Crippen LogP contribution in [0.25, 0.3) is 0 Å². The largest absolute Gasteiger partial charge is 0.383 e. The van der Waals surface area contributed by atoms with Crippen LogP contribution in [0.5, 0.6) is 0 Å². The van der Waals surface area contributed by atoms with E-state index in [-0.39, 0.29) is 36.0 Å². The number of hydrogen-bond acceptors (Lipinski definition) is 4. The smallest absolute Gasteiger partial charge is 0.226 e. The lowest BCUT2D eigenvalue weighted by Gasteiger charge is -2.22. The van der Waals surface area contributed by atoms with Crippen molar-refractivity contribution in [2.75, 3.05) is 20.3 Å². The molecule has 3 N–H and O–H groups in total. The Morgan fingerprint density at radius 2 is 2.06 bits per heavy atom. The van der Waals surface area contributed by atoms with Gasteiger partial charge in [-0.25, -0.2) is 0 Å². The average Bonchev–Trinajstić information content (AvgIpc) is 2.52. The summed E-state index contributed by atoms with van der Waals surface area (Å²) in [5, 5.41) is 2.92. The molecule has 1 aliphatic heterocycles. The van der Waals surface area contributed by atoms with Crippen LogP contribution in [-0.4, -0.2) is 44.4 Å². The molecule has 5 heteroatoms. The molecule has 1 aliphatic rings. The van der Waals surface area contributed by atoms with Crippen molar-refractivity contribution in [2.45, 2.75) is 39.0 Å². The molecule has 1 heterocycles. The normalized spacial score (nSPS) is 34.6. The van der Waals surface area contributed by atoms with Crippen molar-refractivity contribution in [3.8, 4) is 0 Å².